The predicted molar refractivity (Wildman–Crippen MR) is 426 cm³/mol. The van der Waals surface area contributed by atoms with Gasteiger partial charge in [0.25, 0.3) is 21.6 Å². The van der Waals surface area contributed by atoms with E-state index in [1.54, 1.807) is 41.8 Å². The number of fused-ring (bicyclic) bond motifs is 1. The molecule has 0 unspecified atom stereocenters. The second-order valence-electron chi connectivity index (χ2n) is 32.1. The van der Waals surface area contributed by atoms with Gasteiger partial charge in [-0.15, -0.1) is 11.3 Å². The summed E-state index contributed by atoms with van der Waals surface area (Å²) in [6.07, 6.45) is 15.9. The molecule has 4 fully saturated rings. The van der Waals surface area contributed by atoms with Gasteiger partial charge >= 0.3 is 0 Å². The maximum atomic E-state index is 14.3. The van der Waals surface area contributed by atoms with E-state index in [0.29, 0.717) is 49.9 Å². The number of unbranched alkanes of at least 4 members (excludes halogenated alkanes) is 5. The molecule has 5 aliphatic rings. The van der Waals surface area contributed by atoms with E-state index in [1.807, 2.05) is 82.6 Å². The highest BCUT2D eigenvalue weighted by molar-refractivity contribution is 7.90. The topological polar surface area (TPSA) is 281 Å². The number of allylic oxidation sites excluding steroid dienone is 1. The molecule has 0 spiro atoms. The number of sulfonamides is 1. The molecule has 1 saturated carbocycles. The molecule has 3 aromatic heterocycles. The second kappa shape index (κ2) is 35.2. The molecule has 578 valence electrons. The fourth-order valence-corrected chi connectivity index (χ4v) is 18.0. The van der Waals surface area contributed by atoms with Gasteiger partial charge < -0.3 is 45.5 Å². The van der Waals surface area contributed by atoms with E-state index < -0.39 is 55.0 Å². The van der Waals surface area contributed by atoms with Crippen LogP contribution in [0.3, 0.4) is 0 Å². The summed E-state index contributed by atoms with van der Waals surface area (Å²) in [5.41, 5.74) is 9.60. The fraction of sp³-hybridized carbons (Fsp3) is 0.512. The van der Waals surface area contributed by atoms with Crippen LogP contribution in [0.15, 0.2) is 125 Å². The average Bonchev–Trinajstić information content (AvgIpc) is 0.900. The van der Waals surface area contributed by atoms with E-state index in [0.717, 1.165) is 173 Å². The second-order valence-corrected chi connectivity index (χ2v) is 35.1. The number of hydrogen-bond donors (Lipinski definition) is 6. The van der Waals surface area contributed by atoms with Gasteiger partial charge in [-0.1, -0.05) is 114 Å². The minimum Gasteiger partial charge on any atom is -0.455 e. The lowest BCUT2D eigenvalue weighted by Crippen LogP contribution is -2.57. The number of carbonyl (C=O) groups excluding carboxylic acids is 4. The Morgan fingerprint density at radius 3 is 2.24 bits per heavy atom. The zero-order valence-electron chi connectivity index (χ0n) is 63.4. The SMILES string of the molecule is Cc1ncsc1-c1ccc([C@H](C)NC(=O)[C@@H]2C[C@@H](O)CN2C(=O)[C@@H](NC(=O)CCCCCCCCN2CCN(C3CCC(CNc4ccc(S(=O)(=O)NC(=O)c5ccc(N6CCN(CC7=C(c8ccc(Cl)cc8)CC(C)(C)CC7)CC6)cc5Oc5cnc6[nH]ccc6c5)cc4[N+](=O)[O-])CC3)CC2)C(C)(C)C)cc1. The number of aromatic nitrogens is 3. The Morgan fingerprint density at radius 1 is 0.833 bits per heavy atom. The first-order chi connectivity index (χ1) is 51.7. The van der Waals surface area contributed by atoms with Crippen LogP contribution in [-0.4, -0.2) is 179 Å². The highest BCUT2D eigenvalue weighted by Gasteiger charge is 2.45. The average molecular weight is 1530 g/mol. The molecule has 3 saturated heterocycles. The Hall–Kier alpha value is -8.30. The van der Waals surface area contributed by atoms with E-state index in [-0.39, 0.29) is 65.1 Å². The summed E-state index contributed by atoms with van der Waals surface area (Å²) < 4.78 is 36.8. The quantitative estimate of drug-likeness (QED) is 0.0144. The number of carbonyl (C=O) groups is 4. The third kappa shape index (κ3) is 20.2. The third-order valence-electron chi connectivity index (χ3n) is 22.6. The molecule has 6 heterocycles. The minimum absolute atomic E-state index is 0.0150. The van der Waals surface area contributed by atoms with Crippen molar-refractivity contribution >= 4 is 90.3 Å². The van der Waals surface area contributed by atoms with Crippen molar-refractivity contribution in [1.29, 1.82) is 0 Å². The lowest BCUT2D eigenvalue weighted by atomic mass is 9.72. The van der Waals surface area contributed by atoms with E-state index in [1.165, 1.54) is 39.9 Å². The maximum absolute atomic E-state index is 14.3. The zero-order chi connectivity index (χ0) is 76.4. The van der Waals surface area contributed by atoms with Crippen molar-refractivity contribution in [3.63, 3.8) is 0 Å². The van der Waals surface area contributed by atoms with Crippen LogP contribution >= 0.6 is 22.9 Å². The summed E-state index contributed by atoms with van der Waals surface area (Å²) in [6, 6.07) is 27.0. The van der Waals surface area contributed by atoms with E-state index in [2.05, 4.69) is 81.2 Å². The number of rotatable bonds is 29. The number of aliphatic hydroxyl groups is 1. The molecule has 2 aliphatic carbocycles. The van der Waals surface area contributed by atoms with Crippen molar-refractivity contribution in [3.8, 4) is 21.9 Å². The molecule has 4 aromatic carbocycles. The van der Waals surface area contributed by atoms with Gasteiger partial charge in [-0.05, 0) is 166 Å². The Kier molecular flexibility index (Phi) is 25.8. The largest absolute Gasteiger partial charge is 0.455 e. The smallest absolute Gasteiger partial charge is 0.293 e. The predicted octanol–water partition coefficient (Wildman–Crippen LogP) is 13.9. The molecule has 26 heteroatoms. The van der Waals surface area contributed by atoms with Crippen LogP contribution in [-0.2, 0) is 24.4 Å². The number of aryl methyl sites for hydroxylation is 1. The fourth-order valence-electron chi connectivity index (χ4n) is 16.1. The highest BCUT2D eigenvalue weighted by Crippen LogP contribution is 2.44. The number of nitrogens with zero attached hydrogens (tertiary/aromatic N) is 8. The molecule has 3 aliphatic heterocycles. The first kappa shape index (κ1) is 79.3. The number of thiazole rings is 1. The molecule has 108 heavy (non-hydrogen) atoms. The number of ether oxygens (including phenoxy) is 1. The Labute approximate surface area is 644 Å². The summed E-state index contributed by atoms with van der Waals surface area (Å²) in [7, 11) is -4.63. The van der Waals surface area contributed by atoms with Gasteiger partial charge in [0.2, 0.25) is 17.7 Å². The maximum Gasteiger partial charge on any atom is 0.293 e. The molecule has 7 aromatic rings. The monoisotopic (exact) mass is 1530 g/mol. The number of H-pyrrole nitrogens is 1. The molecule has 0 bridgehead atoms. The van der Waals surface area contributed by atoms with Crippen LogP contribution in [0.2, 0.25) is 5.02 Å². The van der Waals surface area contributed by atoms with Crippen molar-refractivity contribution in [2.45, 2.75) is 180 Å². The first-order valence-electron chi connectivity index (χ1n) is 38.5. The number of β-amino-alcohol motifs (C(OH)–C–C–N with tert-alkyl or cyclic N) is 1. The third-order valence-corrected chi connectivity index (χ3v) is 25.1. The molecule has 12 rings (SSSR count). The molecule has 4 atom stereocenters. The summed E-state index contributed by atoms with van der Waals surface area (Å²) in [6.45, 7) is 23.7. The number of aromatic amines is 1. The lowest BCUT2D eigenvalue weighted by molar-refractivity contribution is -0.384. The van der Waals surface area contributed by atoms with Crippen molar-refractivity contribution in [1.82, 2.24) is 49.9 Å². The number of piperazine rings is 2. The summed E-state index contributed by atoms with van der Waals surface area (Å²) in [5.74, 6) is -1.14. The number of aliphatic hydroxyl groups excluding tert-OH is 1. The van der Waals surface area contributed by atoms with Gasteiger partial charge in [-0.25, -0.2) is 23.1 Å². The number of pyridine rings is 1. The van der Waals surface area contributed by atoms with Crippen molar-refractivity contribution in [2.24, 2.45) is 16.7 Å². The number of likely N-dealkylation sites (tertiary alicyclic amines) is 1. The molecular formula is C82H106ClN13O10S2. The summed E-state index contributed by atoms with van der Waals surface area (Å²) in [4.78, 5) is 91.6. The Balaban J connectivity index is 0.552. The number of halogens is 1. The summed E-state index contributed by atoms with van der Waals surface area (Å²) >= 11 is 7.87. The van der Waals surface area contributed by atoms with Crippen LogP contribution in [0.25, 0.3) is 27.0 Å². The van der Waals surface area contributed by atoms with Crippen LogP contribution in [0.5, 0.6) is 11.5 Å². The van der Waals surface area contributed by atoms with E-state index >= 15 is 0 Å². The molecule has 6 N–H and O–H groups in total. The van der Waals surface area contributed by atoms with Gasteiger partial charge in [-0.2, -0.15) is 0 Å². The number of nitro groups is 1. The number of hydrogen-bond acceptors (Lipinski definition) is 18. The standard InChI is InChI=1S/C82H106ClN13O10S2/c1-54(57-17-19-59(20-18-57)75-55(2)87-53-107-75)88-79(100)72-46-65(97)52-95(72)80(101)76(81(3,4)5)89-74(98)14-12-10-8-9-11-13-35-91-36-40-93(41-37-91)63-25-15-56(16-26-63)49-85-70-30-28-67(47-71(70)96(102)103)108(104,105)90-78(99)68-29-27-64(45-73(68)106-66-44-60-32-34-84-77(60)86-50-66)94-42-38-92(39-43-94)51-61-31-33-82(6,7)48-69(61)58-21-23-62(83)24-22-58/h17-24,27-30,32,34,44-45,47,50,53-54,56,63,65,72,76,85,97H,8-16,25-26,31,33,35-43,46,48-49,51-52H2,1-7H3,(H,84,86)(H,88,100)(H,89,98)(H,90,99)/t54-,56?,63?,65+,72-,76+/m0/s1. The van der Waals surface area contributed by atoms with E-state index in [4.69, 9.17) is 16.3 Å². The van der Waals surface area contributed by atoms with Gasteiger partial charge in [0.1, 0.15) is 34.9 Å². The number of nitrogens with one attached hydrogen (secondary N) is 5. The van der Waals surface area contributed by atoms with E-state index in [9.17, 15) is 42.8 Å². The molecule has 0 radical (unpaired) electrons. The van der Waals surface area contributed by atoms with Crippen LogP contribution in [0.1, 0.15) is 171 Å². The van der Waals surface area contributed by atoms with Crippen molar-refractivity contribution < 1.29 is 42.4 Å². The molecule has 4 amide bonds. The number of nitro benzene ring substituents is 1. The number of benzene rings is 4. The lowest BCUT2D eigenvalue weighted by Gasteiger charge is -2.42. The van der Waals surface area contributed by atoms with Crippen molar-refractivity contribution in [2.75, 3.05) is 88.8 Å². The van der Waals surface area contributed by atoms with Gasteiger partial charge in [0.15, 0.2) is 0 Å². The molecule has 23 nitrogen and oxygen atoms in total. The Morgan fingerprint density at radius 2 is 1.54 bits per heavy atom. The first-order valence-corrected chi connectivity index (χ1v) is 41.3. The van der Waals surface area contributed by atoms with Gasteiger partial charge in [0, 0.05) is 125 Å². The van der Waals surface area contributed by atoms with Crippen LogP contribution in [0, 0.1) is 33.8 Å². The summed E-state index contributed by atoms with van der Waals surface area (Å²) in [5, 5.41) is 34.2. The van der Waals surface area contributed by atoms with Crippen LogP contribution in [0.4, 0.5) is 17.1 Å². The molecular weight excluding hydrogens is 1430 g/mol. The van der Waals surface area contributed by atoms with Crippen molar-refractivity contribution in [3.05, 3.63) is 158 Å². The minimum atomic E-state index is -4.63. The van der Waals surface area contributed by atoms with Gasteiger partial charge in [-0.3, -0.25) is 39.1 Å². The van der Waals surface area contributed by atoms with Crippen LogP contribution < -0.4 is 30.3 Å². The number of amides is 4. The normalized spacial score (nSPS) is 20.3. The highest BCUT2D eigenvalue weighted by atomic mass is 35.5. The zero-order valence-corrected chi connectivity index (χ0v) is 65.8. The number of anilines is 2. The Bertz CT molecular complexity index is 4460. The van der Waals surface area contributed by atoms with Gasteiger partial charge in [0.05, 0.1) is 49.8 Å².